The minimum atomic E-state index is -0.334. The van der Waals surface area contributed by atoms with Gasteiger partial charge in [-0.1, -0.05) is 20.3 Å². The highest BCUT2D eigenvalue weighted by atomic mass is 16.2. The maximum Gasteiger partial charge on any atom is 0.236 e. The first-order valence-corrected chi connectivity index (χ1v) is 6.89. The molecule has 0 aromatic carbocycles. The summed E-state index contributed by atoms with van der Waals surface area (Å²) in [5.41, 5.74) is 5.76. The Morgan fingerprint density at radius 2 is 2.06 bits per heavy atom. The van der Waals surface area contributed by atoms with Crippen molar-refractivity contribution >= 4 is 5.91 Å². The number of carbonyl (C=O) groups excluding carboxylic acids is 1. The summed E-state index contributed by atoms with van der Waals surface area (Å²) >= 11 is 0. The largest absolute Gasteiger partial charge is 0.354 e. The van der Waals surface area contributed by atoms with Gasteiger partial charge in [0, 0.05) is 13.1 Å². The lowest BCUT2D eigenvalue weighted by molar-refractivity contribution is -0.122. The number of nitrogens with one attached hydrogen (secondary N) is 1. The van der Waals surface area contributed by atoms with E-state index in [1.807, 2.05) is 6.92 Å². The van der Waals surface area contributed by atoms with Crippen LogP contribution < -0.4 is 11.1 Å². The molecule has 0 aromatic rings. The second-order valence-electron chi connectivity index (χ2n) is 5.25. The van der Waals surface area contributed by atoms with Crippen LogP contribution >= 0.6 is 0 Å². The fourth-order valence-electron chi connectivity index (χ4n) is 2.32. The fourth-order valence-corrected chi connectivity index (χ4v) is 2.32. The third kappa shape index (κ3) is 5.50. The molecule has 0 radical (unpaired) electrons. The molecular weight excluding hydrogens is 214 g/mol. The van der Waals surface area contributed by atoms with Gasteiger partial charge >= 0.3 is 0 Å². The van der Waals surface area contributed by atoms with Crippen LogP contribution in [0.25, 0.3) is 0 Å². The normalized spacial score (nSPS) is 20.2. The van der Waals surface area contributed by atoms with Crippen LogP contribution in [0.5, 0.6) is 0 Å². The minimum absolute atomic E-state index is 0.000113. The van der Waals surface area contributed by atoms with Gasteiger partial charge in [-0.15, -0.1) is 0 Å². The van der Waals surface area contributed by atoms with Gasteiger partial charge in [-0.2, -0.15) is 0 Å². The van der Waals surface area contributed by atoms with Crippen molar-refractivity contribution in [3.05, 3.63) is 0 Å². The third-order valence-electron chi connectivity index (χ3n) is 3.33. The highest BCUT2D eigenvalue weighted by Crippen LogP contribution is 2.09. The lowest BCUT2D eigenvalue weighted by Gasteiger charge is -2.21. The maximum atomic E-state index is 11.6. The van der Waals surface area contributed by atoms with E-state index in [1.165, 1.54) is 25.9 Å². The lowest BCUT2D eigenvalue weighted by atomic mass is 10.1. The molecule has 3 N–H and O–H groups in total. The second-order valence-corrected chi connectivity index (χ2v) is 5.25. The third-order valence-corrected chi connectivity index (χ3v) is 3.33. The summed E-state index contributed by atoms with van der Waals surface area (Å²) in [6, 6.07) is -0.334. The van der Waals surface area contributed by atoms with Crippen LogP contribution in [-0.4, -0.2) is 43.0 Å². The molecule has 0 bridgehead atoms. The van der Waals surface area contributed by atoms with Gasteiger partial charge in [0.05, 0.1) is 6.04 Å². The Bertz CT molecular complexity index is 227. The number of amides is 1. The van der Waals surface area contributed by atoms with Crippen molar-refractivity contribution in [1.29, 1.82) is 0 Å². The van der Waals surface area contributed by atoms with Crippen LogP contribution in [0.15, 0.2) is 0 Å². The molecule has 1 aliphatic rings. The quantitative estimate of drug-likeness (QED) is 0.698. The number of hydrogen-bond acceptors (Lipinski definition) is 3. The fraction of sp³-hybridized carbons (Fsp3) is 0.923. The van der Waals surface area contributed by atoms with Crippen molar-refractivity contribution in [2.75, 3.05) is 26.2 Å². The number of carbonyl (C=O) groups is 1. The molecule has 1 fully saturated rings. The molecule has 1 aliphatic heterocycles. The Morgan fingerprint density at radius 3 is 2.65 bits per heavy atom. The highest BCUT2D eigenvalue weighted by molar-refractivity contribution is 5.81. The maximum absolute atomic E-state index is 11.6. The van der Waals surface area contributed by atoms with E-state index >= 15 is 0 Å². The van der Waals surface area contributed by atoms with Crippen LogP contribution in [0.1, 0.15) is 39.5 Å². The first-order chi connectivity index (χ1) is 8.13. The van der Waals surface area contributed by atoms with Crippen molar-refractivity contribution in [3.8, 4) is 0 Å². The number of hydrogen-bond donors (Lipinski definition) is 2. The molecule has 1 amide bonds. The van der Waals surface area contributed by atoms with E-state index in [9.17, 15) is 4.79 Å². The summed E-state index contributed by atoms with van der Waals surface area (Å²) in [5, 5.41) is 2.95. The molecule has 0 spiro atoms. The zero-order chi connectivity index (χ0) is 12.7. The van der Waals surface area contributed by atoms with Crippen LogP contribution in [0.2, 0.25) is 0 Å². The Labute approximate surface area is 105 Å². The predicted molar refractivity (Wildman–Crippen MR) is 70.7 cm³/mol. The molecule has 2 atom stereocenters. The van der Waals surface area contributed by atoms with E-state index in [1.54, 1.807) is 0 Å². The summed E-state index contributed by atoms with van der Waals surface area (Å²) < 4.78 is 0. The number of nitrogens with two attached hydrogens (primary N) is 1. The molecule has 1 saturated heterocycles. The van der Waals surface area contributed by atoms with Crippen molar-refractivity contribution < 1.29 is 4.79 Å². The molecule has 4 nitrogen and oxygen atoms in total. The van der Waals surface area contributed by atoms with Crippen molar-refractivity contribution in [3.63, 3.8) is 0 Å². The number of nitrogens with zero attached hydrogens (tertiary/aromatic N) is 1. The van der Waals surface area contributed by atoms with E-state index in [-0.39, 0.29) is 11.9 Å². The molecule has 2 unspecified atom stereocenters. The Hall–Kier alpha value is -0.610. The number of likely N-dealkylation sites (tertiary alicyclic amines) is 1. The molecule has 17 heavy (non-hydrogen) atoms. The molecule has 0 aromatic heterocycles. The zero-order valence-corrected chi connectivity index (χ0v) is 11.2. The summed E-state index contributed by atoms with van der Waals surface area (Å²) in [6.45, 7) is 8.49. The highest BCUT2D eigenvalue weighted by Gasteiger charge is 2.16. The lowest BCUT2D eigenvalue weighted by Crippen LogP contribution is -2.43. The first-order valence-electron chi connectivity index (χ1n) is 6.89. The Balaban J connectivity index is 2.13. The van der Waals surface area contributed by atoms with Crippen LogP contribution in [0.4, 0.5) is 0 Å². The van der Waals surface area contributed by atoms with E-state index in [0.29, 0.717) is 5.92 Å². The van der Waals surface area contributed by atoms with E-state index < -0.39 is 0 Å². The van der Waals surface area contributed by atoms with Crippen molar-refractivity contribution in [1.82, 2.24) is 10.2 Å². The van der Waals surface area contributed by atoms with E-state index in [2.05, 4.69) is 17.1 Å². The standard InChI is InChI=1S/C13H27N3O/c1-3-6-12(14)13(17)15-9-11(2)10-16-7-4-5-8-16/h11-12H,3-10,14H2,1-2H3,(H,15,17). The van der Waals surface area contributed by atoms with Gasteiger partial charge in [0.15, 0.2) is 0 Å². The first kappa shape index (κ1) is 14.5. The van der Waals surface area contributed by atoms with Gasteiger partial charge in [-0.25, -0.2) is 0 Å². The molecule has 0 saturated carbocycles. The summed E-state index contributed by atoms with van der Waals surface area (Å²) in [4.78, 5) is 14.1. The average Bonchev–Trinajstić information content (AvgIpc) is 2.79. The van der Waals surface area contributed by atoms with E-state index in [4.69, 9.17) is 5.73 Å². The van der Waals surface area contributed by atoms with Crippen LogP contribution in [0.3, 0.4) is 0 Å². The van der Waals surface area contributed by atoms with Gasteiger partial charge in [-0.05, 0) is 38.3 Å². The van der Waals surface area contributed by atoms with Crippen molar-refractivity contribution in [2.45, 2.75) is 45.6 Å². The monoisotopic (exact) mass is 241 g/mol. The molecule has 0 aliphatic carbocycles. The Kier molecular flexibility index (Phi) is 6.52. The smallest absolute Gasteiger partial charge is 0.236 e. The van der Waals surface area contributed by atoms with Crippen LogP contribution in [-0.2, 0) is 4.79 Å². The predicted octanol–water partition coefficient (Wildman–Crippen LogP) is 0.962. The second kappa shape index (κ2) is 7.67. The molecule has 4 heteroatoms. The minimum Gasteiger partial charge on any atom is -0.354 e. The molecule has 1 heterocycles. The van der Waals surface area contributed by atoms with Crippen LogP contribution in [0, 0.1) is 5.92 Å². The summed E-state index contributed by atoms with van der Waals surface area (Å²) in [7, 11) is 0. The van der Waals surface area contributed by atoms with Crippen molar-refractivity contribution in [2.24, 2.45) is 11.7 Å². The molecular formula is C13H27N3O. The van der Waals surface area contributed by atoms with Gasteiger partial charge in [-0.3, -0.25) is 4.79 Å². The Morgan fingerprint density at radius 1 is 1.41 bits per heavy atom. The summed E-state index contributed by atoms with van der Waals surface area (Å²) in [6.07, 6.45) is 4.37. The molecule has 100 valence electrons. The average molecular weight is 241 g/mol. The topological polar surface area (TPSA) is 58.4 Å². The van der Waals surface area contributed by atoms with Gasteiger partial charge in [0.1, 0.15) is 0 Å². The van der Waals surface area contributed by atoms with E-state index in [0.717, 1.165) is 25.9 Å². The zero-order valence-electron chi connectivity index (χ0n) is 11.2. The summed E-state index contributed by atoms with van der Waals surface area (Å²) in [5.74, 6) is 0.506. The number of rotatable bonds is 7. The van der Waals surface area contributed by atoms with Gasteiger partial charge in [0.25, 0.3) is 0 Å². The molecule has 1 rings (SSSR count). The SMILES string of the molecule is CCCC(N)C(=O)NCC(C)CN1CCCC1. The van der Waals surface area contributed by atoms with Gasteiger partial charge in [0.2, 0.25) is 5.91 Å². The van der Waals surface area contributed by atoms with Gasteiger partial charge < -0.3 is 16.0 Å².